The first-order valence-corrected chi connectivity index (χ1v) is 5.09. The molecule has 0 amide bonds. The lowest BCUT2D eigenvalue weighted by molar-refractivity contribution is 0.963. The molecule has 0 bridgehead atoms. The lowest BCUT2D eigenvalue weighted by Gasteiger charge is -2.02. The average Bonchev–Trinajstić information content (AvgIpc) is 2.39. The Morgan fingerprint density at radius 2 is 2.00 bits per heavy atom. The van der Waals surface area contributed by atoms with Crippen molar-refractivity contribution in [2.24, 2.45) is 7.05 Å². The summed E-state index contributed by atoms with van der Waals surface area (Å²) in [6.45, 7) is 4.06. The van der Waals surface area contributed by atoms with E-state index in [1.807, 2.05) is 31.5 Å². The third-order valence-corrected chi connectivity index (χ3v) is 3.10. The van der Waals surface area contributed by atoms with Gasteiger partial charge >= 0.3 is 0 Å². The highest BCUT2D eigenvalue weighted by Crippen LogP contribution is 2.31. The van der Waals surface area contributed by atoms with Gasteiger partial charge in [0, 0.05) is 12.4 Å². The van der Waals surface area contributed by atoms with E-state index in [4.69, 9.17) is 16.9 Å². The molecule has 0 aliphatic rings. The fraction of sp³-hybridized carbons (Fsp3) is 0.250. The molecule has 0 saturated carbocycles. The molecule has 0 aliphatic heterocycles. The molecular weight excluding hydrogens is 208 g/mol. The minimum absolute atomic E-state index is 0.515. The van der Waals surface area contributed by atoms with E-state index in [2.05, 4.69) is 12.1 Å². The van der Waals surface area contributed by atoms with Crippen LogP contribution in [0.15, 0.2) is 12.1 Å². The van der Waals surface area contributed by atoms with Gasteiger partial charge in [-0.25, -0.2) is 0 Å². The third-order valence-electron chi connectivity index (χ3n) is 2.66. The summed E-state index contributed by atoms with van der Waals surface area (Å²) in [6, 6.07) is 6.26. The van der Waals surface area contributed by atoms with Crippen LogP contribution >= 0.6 is 11.6 Å². The molecule has 1 aromatic heterocycles. The quantitative estimate of drug-likeness (QED) is 0.667. The number of aromatic nitrogens is 1. The first-order valence-electron chi connectivity index (χ1n) is 4.71. The van der Waals surface area contributed by atoms with Gasteiger partial charge in [-0.3, -0.25) is 0 Å². The molecule has 1 heterocycles. The summed E-state index contributed by atoms with van der Waals surface area (Å²) in [4.78, 5) is 0. The Kier molecular flexibility index (Phi) is 2.21. The van der Waals surface area contributed by atoms with Gasteiger partial charge in [0.25, 0.3) is 0 Å². The van der Waals surface area contributed by atoms with E-state index in [1.165, 1.54) is 0 Å². The highest BCUT2D eigenvalue weighted by molar-refractivity contribution is 6.32. The van der Waals surface area contributed by atoms with Crippen LogP contribution in [-0.2, 0) is 7.05 Å². The second-order valence-corrected chi connectivity index (χ2v) is 4.17. The summed E-state index contributed by atoms with van der Waals surface area (Å²) in [5.74, 6) is 0. The number of nitrogens with zero attached hydrogens (tertiary/aromatic N) is 2. The van der Waals surface area contributed by atoms with E-state index in [-0.39, 0.29) is 0 Å². The number of fused-ring (bicyclic) bond motifs is 1. The first-order chi connectivity index (χ1) is 7.06. The van der Waals surface area contributed by atoms with E-state index in [0.29, 0.717) is 10.7 Å². The van der Waals surface area contributed by atoms with Crippen LogP contribution < -0.4 is 0 Å². The molecule has 2 aromatic rings. The van der Waals surface area contributed by atoms with E-state index in [9.17, 15) is 0 Å². The Morgan fingerprint density at radius 3 is 2.60 bits per heavy atom. The number of benzene rings is 1. The Balaban J connectivity index is 3.05. The molecule has 0 saturated heterocycles. The molecular formula is C12H11ClN2. The normalized spacial score (nSPS) is 10.6. The summed E-state index contributed by atoms with van der Waals surface area (Å²) in [6.07, 6.45) is 0. The smallest absolute Gasteiger partial charge is 0.127 e. The topological polar surface area (TPSA) is 28.7 Å². The van der Waals surface area contributed by atoms with E-state index < -0.39 is 0 Å². The predicted octanol–water partition coefficient (Wildman–Crippen LogP) is 3.32. The molecule has 0 aliphatic carbocycles. The van der Waals surface area contributed by atoms with Gasteiger partial charge in [-0.2, -0.15) is 5.26 Å². The van der Waals surface area contributed by atoms with Gasteiger partial charge in [0.05, 0.1) is 11.1 Å². The van der Waals surface area contributed by atoms with Crippen molar-refractivity contribution in [1.29, 1.82) is 5.26 Å². The van der Waals surface area contributed by atoms with Crippen LogP contribution in [-0.4, -0.2) is 4.57 Å². The molecule has 0 fully saturated rings. The lowest BCUT2D eigenvalue weighted by Crippen LogP contribution is -1.89. The Morgan fingerprint density at radius 1 is 1.33 bits per heavy atom. The molecule has 2 nitrogen and oxygen atoms in total. The van der Waals surface area contributed by atoms with E-state index in [1.54, 1.807) is 0 Å². The maximum absolute atomic E-state index is 9.06. The summed E-state index contributed by atoms with van der Waals surface area (Å²) in [7, 11) is 1.88. The summed E-state index contributed by atoms with van der Waals surface area (Å²) in [5, 5.41) is 10.5. The zero-order chi connectivity index (χ0) is 11.2. The van der Waals surface area contributed by atoms with Crippen molar-refractivity contribution in [1.82, 2.24) is 4.57 Å². The number of hydrogen-bond donors (Lipinski definition) is 0. The predicted molar refractivity (Wildman–Crippen MR) is 62.1 cm³/mol. The van der Waals surface area contributed by atoms with Crippen LogP contribution in [0.2, 0.25) is 5.15 Å². The van der Waals surface area contributed by atoms with Crippen molar-refractivity contribution in [3.8, 4) is 6.07 Å². The van der Waals surface area contributed by atoms with Gasteiger partial charge in [-0.1, -0.05) is 23.2 Å². The molecule has 0 N–H and O–H groups in total. The second-order valence-electron chi connectivity index (χ2n) is 3.81. The van der Waals surface area contributed by atoms with Crippen LogP contribution in [0.1, 0.15) is 16.7 Å². The fourth-order valence-electron chi connectivity index (χ4n) is 2.08. The molecule has 1 aromatic carbocycles. The number of nitriles is 1. The molecule has 76 valence electrons. The van der Waals surface area contributed by atoms with Crippen LogP contribution in [0.3, 0.4) is 0 Å². The van der Waals surface area contributed by atoms with Crippen LogP contribution in [0.25, 0.3) is 10.9 Å². The minimum atomic E-state index is 0.515. The summed E-state index contributed by atoms with van der Waals surface area (Å²) >= 11 is 6.10. The highest BCUT2D eigenvalue weighted by Gasteiger charge is 2.14. The third kappa shape index (κ3) is 1.32. The minimum Gasteiger partial charge on any atom is -0.333 e. The largest absolute Gasteiger partial charge is 0.333 e. The van der Waals surface area contributed by atoms with Crippen LogP contribution in [0, 0.1) is 25.2 Å². The van der Waals surface area contributed by atoms with Crippen molar-refractivity contribution in [3.05, 3.63) is 34.0 Å². The van der Waals surface area contributed by atoms with Crippen LogP contribution in [0.4, 0.5) is 0 Å². The average molecular weight is 219 g/mol. The van der Waals surface area contributed by atoms with Crippen molar-refractivity contribution >= 4 is 22.5 Å². The number of aryl methyl sites for hydroxylation is 3. The van der Waals surface area contributed by atoms with Gasteiger partial charge in [-0.05, 0) is 25.5 Å². The molecule has 0 atom stereocenters. The number of hydrogen-bond acceptors (Lipinski definition) is 1. The Labute approximate surface area is 93.7 Å². The fourth-order valence-corrected chi connectivity index (χ4v) is 2.31. The van der Waals surface area contributed by atoms with Crippen LogP contribution in [0.5, 0.6) is 0 Å². The first kappa shape index (κ1) is 10.1. The number of rotatable bonds is 0. The maximum atomic E-state index is 9.06. The SMILES string of the molecule is Cc1cc(C)c2c(c1)c(C#N)c(Cl)n2C. The molecule has 15 heavy (non-hydrogen) atoms. The van der Waals surface area contributed by atoms with E-state index in [0.717, 1.165) is 22.0 Å². The second kappa shape index (κ2) is 3.29. The van der Waals surface area contributed by atoms with Crippen molar-refractivity contribution in [3.63, 3.8) is 0 Å². The molecule has 3 heteroatoms. The van der Waals surface area contributed by atoms with Gasteiger partial charge in [0.15, 0.2) is 0 Å². The lowest BCUT2D eigenvalue weighted by atomic mass is 10.1. The van der Waals surface area contributed by atoms with E-state index >= 15 is 0 Å². The van der Waals surface area contributed by atoms with Gasteiger partial charge in [0.1, 0.15) is 11.2 Å². The van der Waals surface area contributed by atoms with Gasteiger partial charge in [-0.15, -0.1) is 0 Å². The van der Waals surface area contributed by atoms with Crippen molar-refractivity contribution in [2.45, 2.75) is 13.8 Å². The number of halogens is 1. The maximum Gasteiger partial charge on any atom is 0.127 e. The van der Waals surface area contributed by atoms with Gasteiger partial charge in [0.2, 0.25) is 0 Å². The summed E-state index contributed by atoms with van der Waals surface area (Å²) < 4.78 is 1.87. The zero-order valence-corrected chi connectivity index (χ0v) is 9.68. The van der Waals surface area contributed by atoms with Crippen molar-refractivity contribution < 1.29 is 0 Å². The molecule has 0 spiro atoms. The highest BCUT2D eigenvalue weighted by atomic mass is 35.5. The summed E-state index contributed by atoms with van der Waals surface area (Å²) in [5.41, 5.74) is 3.91. The molecule has 0 radical (unpaired) electrons. The monoisotopic (exact) mass is 218 g/mol. The van der Waals surface area contributed by atoms with Crippen molar-refractivity contribution in [2.75, 3.05) is 0 Å². The standard InChI is InChI=1S/C12H11ClN2/c1-7-4-8(2)11-9(5-7)10(6-14)12(13)15(11)3/h4-5H,1-3H3. The zero-order valence-electron chi connectivity index (χ0n) is 8.93. The Hall–Kier alpha value is -1.46. The molecule has 0 unspecified atom stereocenters. The molecule has 2 rings (SSSR count). The Bertz CT molecular complexity index is 588. The van der Waals surface area contributed by atoms with Gasteiger partial charge < -0.3 is 4.57 Å².